The Balaban J connectivity index is 1.84. The van der Waals surface area contributed by atoms with E-state index < -0.39 is 36.3 Å². The Morgan fingerprint density at radius 1 is 1.18 bits per heavy atom. The number of aliphatic carboxylic acids is 2. The standard InChI is InChI=1S/C21H22N4O7S/c22-21(23)24-11-5-6-12-10(7-11)3-1-2-4-15-14(32-20(12)31)9-16(33-15)18(28)25-13(19(29)30)8-17(26)27/h5-7,9,13H,1-4,8H2,(H,25,28)(H,26,27)(H,29,30)(H4,22,23,24)/t13-/m0/s1. The zero-order valence-electron chi connectivity index (χ0n) is 17.3. The normalized spacial score (nSPS) is 14.1. The van der Waals surface area contributed by atoms with Gasteiger partial charge in [-0.3, -0.25) is 15.0 Å². The number of anilines is 1. The molecule has 1 aliphatic heterocycles. The molecule has 2 aromatic rings. The molecule has 0 unspecified atom stereocenters. The zero-order chi connectivity index (χ0) is 24.1. The Morgan fingerprint density at radius 3 is 2.58 bits per heavy atom. The summed E-state index contributed by atoms with van der Waals surface area (Å²) in [4.78, 5) is 48.3. The Labute approximate surface area is 192 Å². The maximum Gasteiger partial charge on any atom is 0.343 e. The molecular weight excluding hydrogens is 452 g/mol. The van der Waals surface area contributed by atoms with Gasteiger partial charge in [0.25, 0.3) is 5.91 Å². The molecular formula is C21H22N4O7S. The van der Waals surface area contributed by atoms with Crippen molar-refractivity contribution in [3.05, 3.63) is 45.1 Å². The van der Waals surface area contributed by atoms with E-state index in [-0.39, 0.29) is 16.6 Å². The first kappa shape index (κ1) is 23.7. The monoisotopic (exact) mass is 474 g/mol. The van der Waals surface area contributed by atoms with Crippen LogP contribution >= 0.6 is 11.3 Å². The lowest BCUT2D eigenvalue weighted by atomic mass is 9.99. The van der Waals surface area contributed by atoms with Crippen LogP contribution in [0.3, 0.4) is 0 Å². The second-order valence-corrected chi connectivity index (χ2v) is 8.50. The molecule has 0 spiro atoms. The van der Waals surface area contributed by atoms with Crippen molar-refractivity contribution in [1.29, 1.82) is 5.41 Å². The molecule has 174 valence electrons. The number of carbonyl (C=O) groups excluding carboxylic acids is 2. The van der Waals surface area contributed by atoms with Crippen LogP contribution in [-0.4, -0.2) is 46.0 Å². The number of hydrogen-bond donors (Lipinski definition) is 6. The van der Waals surface area contributed by atoms with Gasteiger partial charge in [-0.05, 0) is 49.4 Å². The number of carbonyl (C=O) groups is 4. The van der Waals surface area contributed by atoms with Crippen molar-refractivity contribution < 1.29 is 34.1 Å². The number of hydrogen-bond acceptors (Lipinski definition) is 7. The Hall–Kier alpha value is -3.93. The topological polar surface area (TPSA) is 192 Å². The van der Waals surface area contributed by atoms with E-state index in [4.69, 9.17) is 26.1 Å². The molecule has 1 aromatic heterocycles. The van der Waals surface area contributed by atoms with Gasteiger partial charge in [0, 0.05) is 16.6 Å². The average Bonchev–Trinajstić information content (AvgIpc) is 3.12. The minimum absolute atomic E-state index is 0.116. The fourth-order valence-corrected chi connectivity index (χ4v) is 4.41. The number of carboxylic acids is 2. The van der Waals surface area contributed by atoms with E-state index in [1.165, 1.54) is 6.07 Å². The third kappa shape index (κ3) is 6.07. The van der Waals surface area contributed by atoms with Gasteiger partial charge in [-0.2, -0.15) is 0 Å². The summed E-state index contributed by atoms with van der Waals surface area (Å²) in [6.45, 7) is 0. The lowest BCUT2D eigenvalue weighted by molar-refractivity contribution is -0.145. The quantitative estimate of drug-likeness (QED) is 0.206. The van der Waals surface area contributed by atoms with E-state index >= 15 is 0 Å². The van der Waals surface area contributed by atoms with Crippen LogP contribution < -0.4 is 21.1 Å². The lowest BCUT2D eigenvalue weighted by Crippen LogP contribution is -2.41. The second-order valence-electron chi connectivity index (χ2n) is 7.37. The first-order chi connectivity index (χ1) is 15.6. The third-order valence-electron chi connectivity index (χ3n) is 4.88. The third-order valence-corrected chi connectivity index (χ3v) is 6.06. The summed E-state index contributed by atoms with van der Waals surface area (Å²) in [6.07, 6.45) is 1.87. The van der Waals surface area contributed by atoms with Crippen molar-refractivity contribution in [2.75, 3.05) is 5.32 Å². The first-order valence-electron chi connectivity index (χ1n) is 9.98. The minimum atomic E-state index is -1.58. The van der Waals surface area contributed by atoms with Gasteiger partial charge < -0.3 is 31.3 Å². The minimum Gasteiger partial charge on any atom is -0.481 e. The molecule has 1 aromatic carbocycles. The molecule has 0 aliphatic carbocycles. The predicted molar refractivity (Wildman–Crippen MR) is 119 cm³/mol. The van der Waals surface area contributed by atoms with Crippen molar-refractivity contribution in [1.82, 2.24) is 5.32 Å². The number of guanidine groups is 1. The number of fused-ring (bicyclic) bond motifs is 2. The van der Waals surface area contributed by atoms with E-state index in [1.54, 1.807) is 18.2 Å². The second kappa shape index (κ2) is 10.1. The lowest BCUT2D eigenvalue weighted by Gasteiger charge is -2.14. The molecule has 0 saturated heterocycles. The molecule has 3 rings (SSSR count). The number of carboxylic acid groups (broad SMARTS) is 2. The van der Waals surface area contributed by atoms with E-state index in [9.17, 15) is 19.2 Å². The summed E-state index contributed by atoms with van der Waals surface area (Å²) in [5.74, 6) is -4.20. The molecule has 33 heavy (non-hydrogen) atoms. The Morgan fingerprint density at radius 2 is 1.91 bits per heavy atom. The van der Waals surface area contributed by atoms with Gasteiger partial charge in [-0.25, -0.2) is 9.59 Å². The van der Waals surface area contributed by atoms with Crippen molar-refractivity contribution in [3.63, 3.8) is 0 Å². The van der Waals surface area contributed by atoms with Gasteiger partial charge >= 0.3 is 17.9 Å². The van der Waals surface area contributed by atoms with Crippen LogP contribution in [0.15, 0.2) is 24.3 Å². The van der Waals surface area contributed by atoms with Crippen LogP contribution in [0.5, 0.6) is 5.75 Å². The predicted octanol–water partition coefficient (Wildman–Crippen LogP) is 1.81. The molecule has 0 radical (unpaired) electrons. The summed E-state index contributed by atoms with van der Waals surface area (Å²) in [5, 5.41) is 30.2. The highest BCUT2D eigenvalue weighted by Crippen LogP contribution is 2.33. The fraction of sp³-hybridized carbons (Fsp3) is 0.286. The highest BCUT2D eigenvalue weighted by Gasteiger charge is 2.26. The molecule has 11 nitrogen and oxygen atoms in total. The molecule has 2 heterocycles. The number of rotatable bonds is 6. The SMILES string of the molecule is N=C(N)Nc1ccc2c(c1)CCCCc1sc(C(=O)N[C@@H](CC(=O)O)C(=O)O)cc1OC2=O. The number of thiophene rings is 1. The van der Waals surface area contributed by atoms with Crippen LogP contribution in [0.25, 0.3) is 0 Å². The van der Waals surface area contributed by atoms with Crippen molar-refractivity contribution in [3.8, 4) is 5.75 Å². The number of nitrogens with one attached hydrogen (secondary N) is 3. The molecule has 1 amide bonds. The maximum atomic E-state index is 12.8. The van der Waals surface area contributed by atoms with Gasteiger partial charge in [0.1, 0.15) is 11.8 Å². The maximum absolute atomic E-state index is 12.8. The summed E-state index contributed by atoms with van der Waals surface area (Å²) >= 11 is 1.07. The van der Waals surface area contributed by atoms with Gasteiger partial charge in [0.2, 0.25) is 0 Å². The Bertz CT molecular complexity index is 1130. The summed E-state index contributed by atoms with van der Waals surface area (Å²) in [6, 6.07) is 4.70. The molecule has 1 atom stereocenters. The largest absolute Gasteiger partial charge is 0.481 e. The van der Waals surface area contributed by atoms with Crippen LogP contribution in [0.4, 0.5) is 5.69 Å². The first-order valence-corrected chi connectivity index (χ1v) is 10.8. The van der Waals surface area contributed by atoms with Crippen LogP contribution in [0.1, 0.15) is 49.7 Å². The molecule has 0 fully saturated rings. The molecule has 0 saturated carbocycles. The average molecular weight is 474 g/mol. The van der Waals surface area contributed by atoms with E-state index in [0.29, 0.717) is 29.0 Å². The summed E-state index contributed by atoms with van der Waals surface area (Å²) < 4.78 is 5.56. The van der Waals surface area contributed by atoms with Crippen molar-refractivity contribution >= 4 is 46.8 Å². The van der Waals surface area contributed by atoms with Crippen molar-refractivity contribution in [2.45, 2.75) is 38.1 Å². The highest BCUT2D eigenvalue weighted by molar-refractivity contribution is 7.14. The van der Waals surface area contributed by atoms with Crippen molar-refractivity contribution in [2.24, 2.45) is 5.73 Å². The molecule has 1 aliphatic rings. The molecule has 7 N–H and O–H groups in total. The summed E-state index contributed by atoms with van der Waals surface area (Å²) in [5.41, 5.74) is 7.03. The van der Waals surface area contributed by atoms with Crippen LogP contribution in [-0.2, 0) is 22.4 Å². The van der Waals surface area contributed by atoms with E-state index in [1.807, 2.05) is 0 Å². The summed E-state index contributed by atoms with van der Waals surface area (Å²) in [7, 11) is 0. The van der Waals surface area contributed by atoms with Gasteiger partial charge in [-0.15, -0.1) is 11.3 Å². The number of nitrogens with two attached hydrogens (primary N) is 1. The zero-order valence-corrected chi connectivity index (χ0v) is 18.2. The molecule has 12 heteroatoms. The Kier molecular flexibility index (Phi) is 7.28. The number of amides is 1. The smallest absolute Gasteiger partial charge is 0.343 e. The number of benzene rings is 1. The van der Waals surface area contributed by atoms with E-state index in [0.717, 1.165) is 29.7 Å². The van der Waals surface area contributed by atoms with Gasteiger partial charge in [-0.1, -0.05) is 0 Å². The molecule has 0 bridgehead atoms. The van der Waals surface area contributed by atoms with Crippen LogP contribution in [0.2, 0.25) is 0 Å². The van der Waals surface area contributed by atoms with Gasteiger partial charge in [0.15, 0.2) is 5.96 Å². The number of ether oxygens (including phenoxy) is 1. The number of aryl methyl sites for hydroxylation is 2. The van der Waals surface area contributed by atoms with Crippen LogP contribution in [0, 0.1) is 5.41 Å². The van der Waals surface area contributed by atoms with Gasteiger partial charge in [0.05, 0.1) is 16.9 Å². The highest BCUT2D eigenvalue weighted by atomic mass is 32.1. The fourth-order valence-electron chi connectivity index (χ4n) is 3.38. The van der Waals surface area contributed by atoms with E-state index in [2.05, 4.69) is 10.6 Å². The number of esters is 1.